The first-order valence-corrected chi connectivity index (χ1v) is 11.8. The number of carbonyl (C=O) groups is 1. The van der Waals surface area contributed by atoms with Crippen LogP contribution >= 0.6 is 11.3 Å². The maximum atomic E-state index is 13.0. The quantitative estimate of drug-likeness (QED) is 0.593. The summed E-state index contributed by atoms with van der Waals surface area (Å²) >= 11 is 1.14. The van der Waals surface area contributed by atoms with E-state index in [0.29, 0.717) is 17.5 Å². The van der Waals surface area contributed by atoms with E-state index in [1.807, 2.05) is 30.3 Å². The van der Waals surface area contributed by atoms with Crippen molar-refractivity contribution in [1.29, 1.82) is 0 Å². The van der Waals surface area contributed by atoms with Crippen molar-refractivity contribution in [2.45, 2.75) is 30.0 Å². The highest BCUT2D eigenvalue weighted by atomic mass is 32.2. The molecule has 0 bridgehead atoms. The topological polar surface area (TPSA) is 92.3 Å². The number of alkyl halides is 3. The van der Waals surface area contributed by atoms with Crippen LogP contribution in [0.2, 0.25) is 0 Å². The Hall–Kier alpha value is -2.83. The molecule has 1 unspecified atom stereocenters. The normalized spacial score (nSPS) is 17.4. The van der Waals surface area contributed by atoms with Gasteiger partial charge in [0.25, 0.3) is 0 Å². The molecule has 12 heteroatoms. The molecular weight excluding hydrogens is 465 g/mol. The van der Waals surface area contributed by atoms with E-state index in [9.17, 15) is 26.4 Å². The molecule has 1 aliphatic heterocycles. The van der Waals surface area contributed by atoms with Crippen molar-refractivity contribution in [2.75, 3.05) is 11.9 Å². The van der Waals surface area contributed by atoms with Gasteiger partial charge >= 0.3 is 6.18 Å². The van der Waals surface area contributed by atoms with Gasteiger partial charge in [-0.3, -0.25) is 10.1 Å². The predicted octanol–water partition coefficient (Wildman–Crippen LogP) is 4.02. The molecule has 1 saturated heterocycles. The van der Waals surface area contributed by atoms with Crippen molar-refractivity contribution in [3.63, 3.8) is 0 Å². The van der Waals surface area contributed by atoms with Gasteiger partial charge in [-0.15, -0.1) is 10.2 Å². The van der Waals surface area contributed by atoms with Gasteiger partial charge in [0.2, 0.25) is 21.1 Å². The van der Waals surface area contributed by atoms with Gasteiger partial charge in [0, 0.05) is 12.1 Å². The molecule has 0 radical (unpaired) electrons. The fourth-order valence-electron chi connectivity index (χ4n) is 3.42. The highest BCUT2D eigenvalue weighted by molar-refractivity contribution is 7.89. The Kier molecular flexibility index (Phi) is 6.01. The summed E-state index contributed by atoms with van der Waals surface area (Å²) in [6.07, 6.45) is -4.03. The molecule has 1 atom stereocenters. The summed E-state index contributed by atoms with van der Waals surface area (Å²) in [5.74, 6) is -0.603. The van der Waals surface area contributed by atoms with Crippen LogP contribution in [0, 0.1) is 0 Å². The van der Waals surface area contributed by atoms with Crippen LogP contribution in [0.1, 0.15) is 18.4 Å². The number of carbonyl (C=O) groups excluding carboxylic acids is 1. The number of rotatable bonds is 5. The fourth-order valence-corrected chi connectivity index (χ4v) is 5.87. The minimum absolute atomic E-state index is 0.0298. The van der Waals surface area contributed by atoms with E-state index in [1.165, 1.54) is 0 Å². The largest absolute Gasteiger partial charge is 0.416 e. The van der Waals surface area contributed by atoms with Crippen molar-refractivity contribution in [1.82, 2.24) is 14.5 Å². The predicted molar refractivity (Wildman–Crippen MR) is 112 cm³/mol. The smallest absolute Gasteiger partial charge is 0.299 e. The van der Waals surface area contributed by atoms with E-state index >= 15 is 0 Å². The number of benzene rings is 2. The Morgan fingerprint density at radius 3 is 2.56 bits per heavy atom. The molecule has 4 rings (SSSR count). The van der Waals surface area contributed by atoms with E-state index in [-0.39, 0.29) is 18.1 Å². The molecule has 1 aliphatic rings. The molecule has 1 fully saturated rings. The fraction of sp³-hybridized carbons (Fsp3) is 0.250. The van der Waals surface area contributed by atoms with Gasteiger partial charge in [0.1, 0.15) is 11.0 Å². The first-order valence-electron chi connectivity index (χ1n) is 9.55. The Morgan fingerprint density at radius 2 is 1.84 bits per heavy atom. The molecule has 1 amide bonds. The number of nitrogens with zero attached hydrogens (tertiary/aromatic N) is 3. The van der Waals surface area contributed by atoms with Crippen molar-refractivity contribution in [2.24, 2.45) is 0 Å². The van der Waals surface area contributed by atoms with Gasteiger partial charge in [-0.2, -0.15) is 17.5 Å². The number of anilines is 1. The van der Waals surface area contributed by atoms with E-state index < -0.39 is 38.6 Å². The van der Waals surface area contributed by atoms with Crippen LogP contribution in [0.5, 0.6) is 0 Å². The Balaban J connectivity index is 1.53. The number of aromatic nitrogens is 2. The highest BCUT2D eigenvalue weighted by Crippen LogP contribution is 2.33. The maximum absolute atomic E-state index is 13.0. The van der Waals surface area contributed by atoms with Crippen LogP contribution in [0.25, 0.3) is 10.6 Å². The SMILES string of the molecule is O=C(Nc1nnc(-c2ccccc2)s1)C1CCCN1S(=O)(=O)c1cccc(C(F)(F)F)c1. The summed E-state index contributed by atoms with van der Waals surface area (Å²) in [4.78, 5) is 12.3. The molecule has 1 aromatic heterocycles. The lowest BCUT2D eigenvalue weighted by molar-refractivity contribution is -0.137. The summed E-state index contributed by atoms with van der Waals surface area (Å²) in [7, 11) is -4.31. The molecule has 32 heavy (non-hydrogen) atoms. The maximum Gasteiger partial charge on any atom is 0.416 e. The van der Waals surface area contributed by atoms with Gasteiger partial charge in [0.05, 0.1) is 10.5 Å². The number of nitrogens with one attached hydrogen (secondary N) is 1. The second kappa shape index (κ2) is 8.60. The number of amides is 1. The van der Waals surface area contributed by atoms with Crippen molar-refractivity contribution in [3.8, 4) is 10.6 Å². The number of sulfonamides is 1. The van der Waals surface area contributed by atoms with E-state index in [1.54, 1.807) is 0 Å². The molecule has 2 heterocycles. The average Bonchev–Trinajstić information content (AvgIpc) is 3.44. The van der Waals surface area contributed by atoms with Crippen molar-refractivity contribution < 1.29 is 26.4 Å². The second-order valence-corrected chi connectivity index (χ2v) is 9.94. The third-order valence-electron chi connectivity index (χ3n) is 4.95. The monoisotopic (exact) mass is 482 g/mol. The molecule has 1 N–H and O–H groups in total. The molecule has 0 aliphatic carbocycles. The molecule has 0 saturated carbocycles. The first kappa shape index (κ1) is 22.4. The summed E-state index contributed by atoms with van der Waals surface area (Å²) in [6.45, 7) is 0.0298. The minimum atomic E-state index is -4.68. The summed E-state index contributed by atoms with van der Waals surface area (Å²) in [5.41, 5.74) is -0.249. The molecular formula is C20H17F3N4O3S2. The molecule has 7 nitrogen and oxygen atoms in total. The summed E-state index contributed by atoms with van der Waals surface area (Å²) < 4.78 is 66.1. The van der Waals surface area contributed by atoms with Crippen molar-refractivity contribution >= 4 is 32.4 Å². The van der Waals surface area contributed by atoms with Gasteiger partial charge in [-0.25, -0.2) is 8.42 Å². The lowest BCUT2D eigenvalue weighted by atomic mass is 10.2. The Labute approximate surface area is 186 Å². The lowest BCUT2D eigenvalue weighted by Gasteiger charge is -2.23. The standard InChI is InChI=1S/C20H17F3N4O3S2/c21-20(22,23)14-8-4-9-15(12-14)32(29,30)27-11-5-10-16(27)17(28)24-19-26-25-18(31-19)13-6-2-1-3-7-13/h1-4,6-9,12,16H,5,10-11H2,(H,24,26,28). The summed E-state index contributed by atoms with van der Waals surface area (Å²) in [5, 5.41) is 11.3. The third-order valence-corrected chi connectivity index (χ3v) is 7.74. The molecule has 0 spiro atoms. The molecule has 3 aromatic rings. The van der Waals surface area contributed by atoms with E-state index in [4.69, 9.17) is 0 Å². The Morgan fingerprint density at radius 1 is 1.09 bits per heavy atom. The zero-order chi connectivity index (χ0) is 22.9. The van der Waals surface area contributed by atoms with Crippen LogP contribution in [0.4, 0.5) is 18.3 Å². The average molecular weight is 483 g/mol. The molecule has 2 aromatic carbocycles. The zero-order valence-corrected chi connectivity index (χ0v) is 18.0. The second-order valence-electron chi connectivity index (χ2n) is 7.07. The van der Waals surface area contributed by atoms with Gasteiger partial charge < -0.3 is 0 Å². The van der Waals surface area contributed by atoms with Crippen LogP contribution in [-0.2, 0) is 21.0 Å². The van der Waals surface area contributed by atoms with Crippen LogP contribution in [0.3, 0.4) is 0 Å². The van der Waals surface area contributed by atoms with Crippen molar-refractivity contribution in [3.05, 3.63) is 60.2 Å². The zero-order valence-electron chi connectivity index (χ0n) is 16.4. The highest BCUT2D eigenvalue weighted by Gasteiger charge is 2.40. The number of hydrogen-bond donors (Lipinski definition) is 1. The van der Waals surface area contributed by atoms with Gasteiger partial charge in [0.15, 0.2) is 0 Å². The first-order chi connectivity index (χ1) is 15.2. The van der Waals surface area contributed by atoms with Crippen LogP contribution < -0.4 is 5.32 Å². The van der Waals surface area contributed by atoms with E-state index in [0.717, 1.165) is 39.4 Å². The molecule has 168 valence electrons. The summed E-state index contributed by atoms with van der Waals surface area (Å²) in [6, 6.07) is 11.7. The van der Waals surface area contributed by atoms with Crippen LogP contribution in [-0.4, -0.2) is 41.4 Å². The minimum Gasteiger partial charge on any atom is -0.299 e. The van der Waals surface area contributed by atoms with Crippen LogP contribution in [0.15, 0.2) is 59.5 Å². The Bertz CT molecular complexity index is 1230. The number of halogens is 3. The number of hydrogen-bond acceptors (Lipinski definition) is 6. The van der Waals surface area contributed by atoms with Gasteiger partial charge in [-0.1, -0.05) is 47.7 Å². The third kappa shape index (κ3) is 4.52. The lowest BCUT2D eigenvalue weighted by Crippen LogP contribution is -2.43. The van der Waals surface area contributed by atoms with E-state index in [2.05, 4.69) is 15.5 Å². The van der Waals surface area contributed by atoms with Gasteiger partial charge in [-0.05, 0) is 31.0 Å².